The molecule has 0 aliphatic carbocycles. The third-order valence-electron chi connectivity index (χ3n) is 3.52. The van der Waals surface area contributed by atoms with Crippen molar-refractivity contribution < 1.29 is 0 Å². The Bertz CT molecular complexity index is 508. The molecule has 0 radical (unpaired) electrons. The number of nitrogens with one attached hydrogen (secondary N) is 1. The van der Waals surface area contributed by atoms with Crippen LogP contribution in [0.15, 0.2) is 29.9 Å². The molecule has 2 rings (SSSR count). The van der Waals surface area contributed by atoms with Gasteiger partial charge in [-0.2, -0.15) is 0 Å². The molecule has 1 unspecified atom stereocenters. The van der Waals surface area contributed by atoms with E-state index in [1.807, 2.05) is 6.20 Å². The quantitative estimate of drug-likeness (QED) is 0.871. The van der Waals surface area contributed by atoms with Crippen LogP contribution in [0.25, 0.3) is 10.7 Å². The van der Waals surface area contributed by atoms with Gasteiger partial charge in [0.05, 0.1) is 4.88 Å². The van der Waals surface area contributed by atoms with Crippen LogP contribution in [0.1, 0.15) is 34.1 Å². The molecule has 0 saturated carbocycles. The highest BCUT2D eigenvalue weighted by Gasteiger charge is 2.25. The Hall–Kier alpha value is -1.13. The van der Waals surface area contributed by atoms with Gasteiger partial charge in [0, 0.05) is 25.0 Å². The Morgan fingerprint density at radius 2 is 2.20 bits per heavy atom. The van der Waals surface area contributed by atoms with Gasteiger partial charge in [0.2, 0.25) is 0 Å². The van der Waals surface area contributed by atoms with Gasteiger partial charge in [0.25, 0.3) is 0 Å². The molecule has 0 fully saturated rings. The lowest BCUT2D eigenvalue weighted by molar-refractivity contribution is 0.243. The summed E-state index contributed by atoms with van der Waals surface area (Å²) in [6.07, 6.45) is 5.14. The molecule has 0 bridgehead atoms. The minimum atomic E-state index is 0.228. The van der Waals surface area contributed by atoms with Crippen molar-refractivity contribution in [2.24, 2.45) is 5.41 Å². The zero-order valence-electron chi connectivity index (χ0n) is 12.9. The Morgan fingerprint density at radius 1 is 1.40 bits per heavy atom. The van der Waals surface area contributed by atoms with Gasteiger partial charge in [0.1, 0.15) is 5.82 Å². The molecule has 0 amide bonds. The van der Waals surface area contributed by atoms with Crippen molar-refractivity contribution in [3.8, 4) is 10.7 Å². The lowest BCUT2D eigenvalue weighted by Crippen LogP contribution is -2.43. The maximum Gasteiger partial charge on any atom is 0.150 e. The first-order valence-corrected chi connectivity index (χ1v) is 8.18. The topological polar surface area (TPSA) is 29.9 Å². The van der Waals surface area contributed by atoms with Crippen molar-refractivity contribution in [1.82, 2.24) is 14.9 Å². The average molecular weight is 291 g/mol. The Labute approximate surface area is 126 Å². The predicted octanol–water partition coefficient (Wildman–Crippen LogP) is 4.03. The van der Waals surface area contributed by atoms with Gasteiger partial charge in [-0.05, 0) is 29.8 Å². The van der Waals surface area contributed by atoms with E-state index in [0.29, 0.717) is 6.04 Å². The van der Waals surface area contributed by atoms with E-state index in [0.717, 1.165) is 25.3 Å². The summed E-state index contributed by atoms with van der Waals surface area (Å²) in [6, 6.07) is 4.65. The van der Waals surface area contributed by atoms with E-state index in [-0.39, 0.29) is 5.41 Å². The summed E-state index contributed by atoms with van der Waals surface area (Å²) < 4.78 is 2.27. The van der Waals surface area contributed by atoms with E-state index in [1.54, 1.807) is 11.3 Å². The number of nitrogens with zero attached hydrogens (tertiary/aromatic N) is 2. The minimum Gasteiger partial charge on any atom is -0.329 e. The fourth-order valence-electron chi connectivity index (χ4n) is 2.25. The fourth-order valence-corrected chi connectivity index (χ4v) is 2.98. The molecule has 0 aromatic carbocycles. The van der Waals surface area contributed by atoms with Gasteiger partial charge in [-0.25, -0.2) is 4.98 Å². The van der Waals surface area contributed by atoms with Gasteiger partial charge in [-0.15, -0.1) is 11.3 Å². The number of hydrogen-bond donors (Lipinski definition) is 1. The molecule has 4 heteroatoms. The highest BCUT2D eigenvalue weighted by atomic mass is 32.1. The molecular formula is C16H25N3S. The molecule has 0 aliphatic rings. The standard InChI is InChI=1S/C16H25N3S/c1-5-8-17-14(16(2,3)4)12-19-10-9-18-15(19)13-7-6-11-20-13/h6-7,9-11,14,17H,5,8,12H2,1-4H3. The molecule has 0 aliphatic heterocycles. The molecule has 20 heavy (non-hydrogen) atoms. The Kier molecular flexibility index (Phi) is 5.00. The van der Waals surface area contributed by atoms with Crippen molar-refractivity contribution >= 4 is 11.3 Å². The lowest BCUT2D eigenvalue weighted by Gasteiger charge is -2.32. The zero-order chi connectivity index (χ0) is 14.6. The summed E-state index contributed by atoms with van der Waals surface area (Å²) >= 11 is 1.74. The summed E-state index contributed by atoms with van der Waals surface area (Å²) in [5, 5.41) is 5.78. The number of imidazole rings is 1. The highest BCUT2D eigenvalue weighted by Crippen LogP contribution is 2.26. The predicted molar refractivity (Wildman–Crippen MR) is 87.1 cm³/mol. The summed E-state index contributed by atoms with van der Waals surface area (Å²) in [4.78, 5) is 5.75. The van der Waals surface area contributed by atoms with Crippen molar-refractivity contribution in [3.05, 3.63) is 29.9 Å². The van der Waals surface area contributed by atoms with Gasteiger partial charge < -0.3 is 9.88 Å². The van der Waals surface area contributed by atoms with E-state index in [9.17, 15) is 0 Å². The third kappa shape index (κ3) is 3.70. The van der Waals surface area contributed by atoms with Gasteiger partial charge in [-0.1, -0.05) is 33.8 Å². The monoisotopic (exact) mass is 291 g/mol. The Balaban J connectivity index is 2.17. The van der Waals surface area contributed by atoms with E-state index in [2.05, 4.69) is 66.3 Å². The SMILES string of the molecule is CCCNC(Cn1ccnc1-c1cccs1)C(C)(C)C. The first kappa shape index (κ1) is 15.3. The molecule has 1 N–H and O–H groups in total. The van der Waals surface area contributed by atoms with Gasteiger partial charge >= 0.3 is 0 Å². The second-order valence-electron chi connectivity index (χ2n) is 6.25. The van der Waals surface area contributed by atoms with Crippen LogP contribution in [0.2, 0.25) is 0 Å². The summed E-state index contributed by atoms with van der Waals surface area (Å²) in [6.45, 7) is 11.1. The number of aromatic nitrogens is 2. The van der Waals surface area contributed by atoms with E-state index < -0.39 is 0 Å². The first-order valence-electron chi connectivity index (χ1n) is 7.30. The number of thiophene rings is 1. The second-order valence-corrected chi connectivity index (χ2v) is 7.20. The normalized spacial score (nSPS) is 13.6. The summed E-state index contributed by atoms with van der Waals surface area (Å²) in [5.41, 5.74) is 0.228. The van der Waals surface area contributed by atoms with Gasteiger partial charge in [0.15, 0.2) is 0 Å². The van der Waals surface area contributed by atoms with Crippen LogP contribution in [-0.2, 0) is 6.54 Å². The largest absolute Gasteiger partial charge is 0.329 e. The first-order chi connectivity index (χ1) is 9.52. The molecule has 2 aromatic rings. The molecule has 0 saturated heterocycles. The van der Waals surface area contributed by atoms with E-state index in [4.69, 9.17) is 0 Å². The van der Waals surface area contributed by atoms with Crippen LogP contribution >= 0.6 is 11.3 Å². The highest BCUT2D eigenvalue weighted by molar-refractivity contribution is 7.13. The minimum absolute atomic E-state index is 0.228. The molecule has 1 atom stereocenters. The van der Waals surface area contributed by atoms with Gasteiger partial charge in [-0.3, -0.25) is 0 Å². The molecule has 2 heterocycles. The van der Waals surface area contributed by atoms with Crippen LogP contribution in [-0.4, -0.2) is 22.1 Å². The van der Waals surface area contributed by atoms with Crippen molar-refractivity contribution in [3.63, 3.8) is 0 Å². The van der Waals surface area contributed by atoms with Crippen LogP contribution < -0.4 is 5.32 Å². The smallest absolute Gasteiger partial charge is 0.150 e. The van der Waals surface area contributed by atoms with Crippen LogP contribution in [0.4, 0.5) is 0 Å². The summed E-state index contributed by atoms with van der Waals surface area (Å²) in [5.74, 6) is 1.08. The lowest BCUT2D eigenvalue weighted by atomic mass is 9.86. The average Bonchev–Trinajstić information content (AvgIpc) is 3.03. The number of hydrogen-bond acceptors (Lipinski definition) is 3. The summed E-state index contributed by atoms with van der Waals surface area (Å²) in [7, 11) is 0. The zero-order valence-corrected chi connectivity index (χ0v) is 13.7. The number of rotatable bonds is 6. The molecular weight excluding hydrogens is 266 g/mol. The molecule has 0 spiro atoms. The maximum absolute atomic E-state index is 4.52. The van der Waals surface area contributed by atoms with E-state index >= 15 is 0 Å². The fraction of sp³-hybridized carbons (Fsp3) is 0.562. The Morgan fingerprint density at radius 3 is 2.80 bits per heavy atom. The van der Waals surface area contributed by atoms with Crippen LogP contribution in [0.3, 0.4) is 0 Å². The van der Waals surface area contributed by atoms with Crippen molar-refractivity contribution in [2.75, 3.05) is 6.54 Å². The van der Waals surface area contributed by atoms with Crippen molar-refractivity contribution in [2.45, 2.75) is 46.7 Å². The van der Waals surface area contributed by atoms with Crippen LogP contribution in [0, 0.1) is 5.41 Å². The van der Waals surface area contributed by atoms with E-state index in [1.165, 1.54) is 4.88 Å². The maximum atomic E-state index is 4.52. The molecule has 3 nitrogen and oxygen atoms in total. The van der Waals surface area contributed by atoms with Crippen molar-refractivity contribution in [1.29, 1.82) is 0 Å². The van der Waals surface area contributed by atoms with Crippen LogP contribution in [0.5, 0.6) is 0 Å². The molecule has 110 valence electrons. The second kappa shape index (κ2) is 6.55. The molecule has 2 aromatic heterocycles. The third-order valence-corrected chi connectivity index (χ3v) is 4.39.